The van der Waals surface area contributed by atoms with Gasteiger partial charge in [-0.3, -0.25) is 4.79 Å². The first-order valence-electron chi connectivity index (χ1n) is 11.2. The molecule has 168 valence electrons. The van der Waals surface area contributed by atoms with Gasteiger partial charge >= 0.3 is 0 Å². The lowest BCUT2D eigenvalue weighted by atomic mass is 10.0. The van der Waals surface area contributed by atoms with Gasteiger partial charge in [0.05, 0.1) is 18.1 Å². The number of sulfonamides is 1. The number of carbonyl (C=O) groups excluding carboxylic acids is 1. The number of piperidine rings is 1. The van der Waals surface area contributed by atoms with Crippen LogP contribution in [-0.2, 0) is 26.0 Å². The zero-order valence-corrected chi connectivity index (χ0v) is 18.8. The molecule has 0 spiro atoms. The van der Waals surface area contributed by atoms with Crippen LogP contribution in [0.1, 0.15) is 44.6 Å². The van der Waals surface area contributed by atoms with E-state index in [1.165, 1.54) is 17.1 Å². The summed E-state index contributed by atoms with van der Waals surface area (Å²) in [5.74, 6) is 0.0759. The standard InChI is InChI=1S/C22H35N3O4S/c1-2-3-12-24-13-10-20(11-14-24)23-22(26)9-6-19-4-7-21(8-5-19)30(27,28)25-15-17-29-18-16-25/h4-5,7-8,20H,2-3,6,9-18H2,1H3,(H,23,26). The number of rotatable bonds is 9. The van der Waals surface area contributed by atoms with E-state index in [-0.39, 0.29) is 11.9 Å². The SMILES string of the molecule is CCCCN1CCC(NC(=O)CCc2ccc(S(=O)(=O)N3CCOCC3)cc2)CC1. The van der Waals surface area contributed by atoms with Crippen molar-refractivity contribution in [2.24, 2.45) is 0 Å². The minimum Gasteiger partial charge on any atom is -0.379 e. The molecule has 1 aromatic rings. The van der Waals surface area contributed by atoms with Gasteiger partial charge in [0, 0.05) is 38.6 Å². The zero-order valence-electron chi connectivity index (χ0n) is 18.0. The number of aryl methyl sites for hydroxylation is 1. The summed E-state index contributed by atoms with van der Waals surface area (Å²) >= 11 is 0. The number of nitrogens with zero attached hydrogens (tertiary/aromatic N) is 2. The summed E-state index contributed by atoms with van der Waals surface area (Å²) in [6, 6.07) is 7.18. The van der Waals surface area contributed by atoms with Gasteiger partial charge in [-0.05, 0) is 49.9 Å². The van der Waals surface area contributed by atoms with Crippen LogP contribution in [0.5, 0.6) is 0 Å². The highest BCUT2D eigenvalue weighted by atomic mass is 32.2. The predicted molar refractivity (Wildman–Crippen MR) is 117 cm³/mol. The second kappa shape index (κ2) is 11.2. The molecule has 2 heterocycles. The molecule has 0 aliphatic carbocycles. The molecule has 3 rings (SSSR count). The third kappa shape index (κ3) is 6.51. The van der Waals surface area contributed by atoms with Crippen molar-refractivity contribution in [3.05, 3.63) is 29.8 Å². The van der Waals surface area contributed by atoms with Crippen LogP contribution in [0.3, 0.4) is 0 Å². The normalized spacial score (nSPS) is 19.6. The molecule has 1 N–H and O–H groups in total. The molecule has 8 heteroatoms. The number of nitrogens with one attached hydrogen (secondary N) is 1. The summed E-state index contributed by atoms with van der Waals surface area (Å²) in [5, 5.41) is 3.16. The number of hydrogen-bond acceptors (Lipinski definition) is 5. The Kier molecular flexibility index (Phi) is 8.68. The Morgan fingerprint density at radius 3 is 2.40 bits per heavy atom. The largest absolute Gasteiger partial charge is 0.379 e. The molecule has 0 saturated carbocycles. The molecule has 2 aliphatic heterocycles. The van der Waals surface area contributed by atoms with Gasteiger partial charge in [0.2, 0.25) is 15.9 Å². The fraction of sp³-hybridized carbons (Fsp3) is 0.682. The van der Waals surface area contributed by atoms with Crippen molar-refractivity contribution in [1.82, 2.24) is 14.5 Å². The lowest BCUT2D eigenvalue weighted by Gasteiger charge is -2.32. The minimum absolute atomic E-state index is 0.0759. The molecular formula is C22H35N3O4S. The fourth-order valence-corrected chi connectivity index (χ4v) is 5.41. The van der Waals surface area contributed by atoms with E-state index < -0.39 is 10.0 Å². The maximum atomic E-state index is 12.7. The van der Waals surface area contributed by atoms with Gasteiger partial charge in [0.15, 0.2) is 0 Å². The highest BCUT2D eigenvalue weighted by molar-refractivity contribution is 7.89. The fourth-order valence-electron chi connectivity index (χ4n) is 4.00. The molecular weight excluding hydrogens is 402 g/mol. The average Bonchev–Trinajstić information content (AvgIpc) is 2.78. The van der Waals surface area contributed by atoms with Crippen molar-refractivity contribution in [3.8, 4) is 0 Å². The van der Waals surface area contributed by atoms with E-state index in [1.54, 1.807) is 12.1 Å². The predicted octanol–water partition coefficient (Wildman–Crippen LogP) is 2.02. The molecule has 1 aromatic carbocycles. The Labute approximate surface area is 180 Å². The maximum absolute atomic E-state index is 12.7. The number of carbonyl (C=O) groups is 1. The van der Waals surface area contributed by atoms with Crippen LogP contribution in [0.25, 0.3) is 0 Å². The Bertz CT molecular complexity index is 768. The van der Waals surface area contributed by atoms with Gasteiger partial charge in [-0.25, -0.2) is 8.42 Å². The Morgan fingerprint density at radius 2 is 1.77 bits per heavy atom. The quantitative estimate of drug-likeness (QED) is 0.639. The molecule has 2 fully saturated rings. The third-order valence-corrected chi connectivity index (χ3v) is 7.87. The van der Waals surface area contributed by atoms with Gasteiger partial charge in [-0.15, -0.1) is 0 Å². The summed E-state index contributed by atoms with van der Waals surface area (Å²) in [5.41, 5.74) is 0.973. The Morgan fingerprint density at radius 1 is 1.10 bits per heavy atom. The number of morpholine rings is 1. The molecule has 1 amide bonds. The van der Waals surface area contributed by atoms with Crippen LogP contribution in [0.15, 0.2) is 29.2 Å². The van der Waals surface area contributed by atoms with Crippen LogP contribution in [-0.4, -0.2) is 75.5 Å². The van der Waals surface area contributed by atoms with E-state index in [2.05, 4.69) is 17.1 Å². The third-order valence-electron chi connectivity index (χ3n) is 5.95. The Balaban J connectivity index is 1.42. The van der Waals surface area contributed by atoms with Crippen LogP contribution in [0, 0.1) is 0 Å². The maximum Gasteiger partial charge on any atom is 0.243 e. The smallest absolute Gasteiger partial charge is 0.243 e. The Hall–Kier alpha value is -1.48. The van der Waals surface area contributed by atoms with Gasteiger partial charge < -0.3 is 15.0 Å². The molecule has 2 saturated heterocycles. The average molecular weight is 438 g/mol. The van der Waals surface area contributed by atoms with Crippen LogP contribution < -0.4 is 5.32 Å². The van der Waals surface area contributed by atoms with E-state index in [9.17, 15) is 13.2 Å². The highest BCUT2D eigenvalue weighted by Gasteiger charge is 2.26. The summed E-state index contributed by atoms with van der Waals surface area (Å²) in [6.45, 7) is 7.14. The molecule has 0 atom stereocenters. The molecule has 0 bridgehead atoms. The van der Waals surface area contributed by atoms with Crippen molar-refractivity contribution < 1.29 is 17.9 Å². The van der Waals surface area contributed by atoms with Crippen molar-refractivity contribution in [2.45, 2.75) is 56.4 Å². The summed E-state index contributed by atoms with van der Waals surface area (Å²) in [6.07, 6.45) is 5.53. The summed E-state index contributed by atoms with van der Waals surface area (Å²) in [7, 11) is -3.47. The topological polar surface area (TPSA) is 79.0 Å². The monoisotopic (exact) mass is 437 g/mol. The molecule has 30 heavy (non-hydrogen) atoms. The molecule has 7 nitrogen and oxygen atoms in total. The van der Waals surface area contributed by atoms with Crippen LogP contribution in [0.4, 0.5) is 0 Å². The summed E-state index contributed by atoms with van der Waals surface area (Å²) < 4.78 is 32.0. The highest BCUT2D eigenvalue weighted by Crippen LogP contribution is 2.18. The van der Waals surface area contributed by atoms with Gasteiger partial charge in [0.25, 0.3) is 0 Å². The van der Waals surface area contributed by atoms with Crippen molar-refractivity contribution in [1.29, 1.82) is 0 Å². The number of unbranched alkanes of at least 4 members (excludes halogenated alkanes) is 1. The first kappa shape index (κ1) is 23.2. The molecule has 2 aliphatic rings. The number of ether oxygens (including phenoxy) is 1. The zero-order chi connectivity index (χ0) is 21.4. The van der Waals surface area contributed by atoms with Gasteiger partial charge in [0.1, 0.15) is 0 Å². The number of benzene rings is 1. The number of amides is 1. The minimum atomic E-state index is -3.47. The van der Waals surface area contributed by atoms with Crippen LogP contribution in [0.2, 0.25) is 0 Å². The summed E-state index contributed by atoms with van der Waals surface area (Å²) in [4.78, 5) is 15.1. The lowest BCUT2D eigenvalue weighted by Crippen LogP contribution is -2.44. The van der Waals surface area contributed by atoms with E-state index >= 15 is 0 Å². The van der Waals surface area contributed by atoms with E-state index in [0.717, 1.165) is 38.0 Å². The van der Waals surface area contributed by atoms with Crippen molar-refractivity contribution in [2.75, 3.05) is 45.9 Å². The van der Waals surface area contributed by atoms with E-state index in [1.807, 2.05) is 12.1 Å². The lowest BCUT2D eigenvalue weighted by molar-refractivity contribution is -0.122. The van der Waals surface area contributed by atoms with Crippen molar-refractivity contribution >= 4 is 15.9 Å². The molecule has 0 unspecified atom stereocenters. The first-order valence-corrected chi connectivity index (χ1v) is 12.6. The molecule has 0 aromatic heterocycles. The van der Waals surface area contributed by atoms with E-state index in [0.29, 0.717) is 44.0 Å². The van der Waals surface area contributed by atoms with Gasteiger partial charge in [-0.2, -0.15) is 4.31 Å². The van der Waals surface area contributed by atoms with Crippen LogP contribution >= 0.6 is 0 Å². The first-order chi connectivity index (χ1) is 14.5. The number of likely N-dealkylation sites (tertiary alicyclic amines) is 1. The van der Waals surface area contributed by atoms with E-state index in [4.69, 9.17) is 4.74 Å². The number of hydrogen-bond donors (Lipinski definition) is 1. The second-order valence-electron chi connectivity index (χ2n) is 8.20. The van der Waals surface area contributed by atoms with Gasteiger partial charge in [-0.1, -0.05) is 25.5 Å². The van der Waals surface area contributed by atoms with Crippen molar-refractivity contribution in [3.63, 3.8) is 0 Å². The second-order valence-corrected chi connectivity index (χ2v) is 10.1. The molecule has 0 radical (unpaired) electrons.